The lowest BCUT2D eigenvalue weighted by Crippen LogP contribution is -2.29. The minimum absolute atomic E-state index is 0.0228. The summed E-state index contributed by atoms with van der Waals surface area (Å²) >= 11 is 11.1. The smallest absolute Gasteiger partial charge is 0.340 e. The predicted molar refractivity (Wildman–Crippen MR) is 62.5 cm³/mol. The van der Waals surface area contributed by atoms with E-state index in [1.54, 1.807) is 0 Å². The van der Waals surface area contributed by atoms with Gasteiger partial charge in [0.2, 0.25) is 0 Å². The van der Waals surface area contributed by atoms with Crippen molar-refractivity contribution in [2.45, 2.75) is 6.42 Å². The molecule has 0 unspecified atom stereocenters. The summed E-state index contributed by atoms with van der Waals surface area (Å²) in [5, 5.41) is 8.54. The van der Waals surface area contributed by atoms with E-state index in [1.165, 1.54) is 4.67 Å². The van der Waals surface area contributed by atoms with Crippen LogP contribution in [-0.4, -0.2) is 47.8 Å². The summed E-state index contributed by atoms with van der Waals surface area (Å²) in [6.07, 6.45) is 0.400. The Labute approximate surface area is 100 Å². The SMILES string of the molecule is N[P@](=O)(OCCCO)N(CCCl)CCCl. The molecule has 0 rings (SSSR count). The molecule has 0 aliphatic rings. The molecule has 92 valence electrons. The van der Waals surface area contributed by atoms with Crippen LogP contribution in [0.25, 0.3) is 0 Å². The van der Waals surface area contributed by atoms with Crippen LogP contribution in [0.15, 0.2) is 0 Å². The van der Waals surface area contributed by atoms with Gasteiger partial charge in [-0.1, -0.05) is 0 Å². The lowest BCUT2D eigenvalue weighted by atomic mass is 10.5. The fourth-order valence-electron chi connectivity index (χ4n) is 0.927. The second-order valence-electron chi connectivity index (χ2n) is 2.81. The number of nitrogens with zero attached hydrogens (tertiary/aromatic N) is 1. The molecule has 15 heavy (non-hydrogen) atoms. The summed E-state index contributed by atoms with van der Waals surface area (Å²) in [5.41, 5.74) is 5.53. The first kappa shape index (κ1) is 15.7. The number of aliphatic hydroxyl groups excluding tert-OH is 1. The minimum atomic E-state index is -3.31. The fraction of sp³-hybridized carbons (Fsp3) is 1.00. The predicted octanol–water partition coefficient (Wildman–Crippen LogP) is 1.23. The maximum atomic E-state index is 11.9. The van der Waals surface area contributed by atoms with E-state index in [4.69, 9.17) is 38.3 Å². The molecular formula is C7H17Cl2N2O3P. The average molecular weight is 279 g/mol. The summed E-state index contributed by atoms with van der Waals surface area (Å²) < 4.78 is 18.3. The Bertz CT molecular complexity index is 203. The van der Waals surface area contributed by atoms with Crippen molar-refractivity contribution in [1.29, 1.82) is 0 Å². The van der Waals surface area contributed by atoms with Crippen LogP contribution in [0.3, 0.4) is 0 Å². The number of halogens is 2. The number of aliphatic hydroxyl groups is 1. The molecule has 0 aliphatic heterocycles. The molecule has 0 amide bonds. The molecule has 0 fully saturated rings. The van der Waals surface area contributed by atoms with Crippen LogP contribution in [-0.2, 0) is 9.09 Å². The molecule has 0 bridgehead atoms. The van der Waals surface area contributed by atoms with E-state index in [0.717, 1.165) is 0 Å². The van der Waals surface area contributed by atoms with Crippen molar-refractivity contribution in [3.63, 3.8) is 0 Å². The quantitative estimate of drug-likeness (QED) is 0.377. The van der Waals surface area contributed by atoms with Crippen molar-refractivity contribution in [3.8, 4) is 0 Å². The van der Waals surface area contributed by atoms with Crippen molar-refractivity contribution in [1.82, 2.24) is 4.67 Å². The molecule has 0 spiro atoms. The van der Waals surface area contributed by atoms with Crippen LogP contribution in [0, 0.1) is 0 Å². The summed E-state index contributed by atoms with van der Waals surface area (Å²) in [6, 6.07) is 0. The third-order valence-electron chi connectivity index (χ3n) is 1.66. The fourth-order valence-corrected chi connectivity index (χ4v) is 2.88. The molecular weight excluding hydrogens is 262 g/mol. The number of hydrogen-bond donors (Lipinski definition) is 2. The van der Waals surface area contributed by atoms with E-state index in [2.05, 4.69) is 0 Å². The van der Waals surface area contributed by atoms with E-state index in [-0.39, 0.29) is 13.2 Å². The first-order valence-electron chi connectivity index (χ1n) is 4.60. The van der Waals surface area contributed by atoms with E-state index >= 15 is 0 Å². The zero-order valence-electron chi connectivity index (χ0n) is 8.44. The third kappa shape index (κ3) is 6.74. The van der Waals surface area contributed by atoms with E-state index in [1.807, 2.05) is 0 Å². The van der Waals surface area contributed by atoms with Gasteiger partial charge in [-0.25, -0.2) is 10.2 Å². The standard InChI is InChI=1S/C7H17Cl2N2O3P/c8-2-4-11(5-3-9)15(10,13)14-7-1-6-12/h12H,1-7H2,(H2,10,13)/t15-/m0/s1. The maximum Gasteiger partial charge on any atom is 0.340 e. The van der Waals surface area contributed by atoms with Crippen molar-refractivity contribution < 1.29 is 14.2 Å². The number of hydrogen-bond acceptors (Lipinski definition) is 3. The van der Waals surface area contributed by atoms with Crippen LogP contribution in [0.1, 0.15) is 6.42 Å². The molecule has 0 radical (unpaired) electrons. The monoisotopic (exact) mass is 278 g/mol. The molecule has 0 saturated heterocycles. The van der Waals surface area contributed by atoms with Gasteiger partial charge in [-0.2, -0.15) is 0 Å². The molecule has 0 aromatic carbocycles. The van der Waals surface area contributed by atoms with Gasteiger partial charge in [0.05, 0.1) is 6.61 Å². The Morgan fingerprint density at radius 2 is 1.87 bits per heavy atom. The topological polar surface area (TPSA) is 75.8 Å². The van der Waals surface area contributed by atoms with Gasteiger partial charge in [-0.3, -0.25) is 4.57 Å². The van der Waals surface area contributed by atoms with E-state index < -0.39 is 7.67 Å². The van der Waals surface area contributed by atoms with Gasteiger partial charge >= 0.3 is 7.67 Å². The lowest BCUT2D eigenvalue weighted by molar-refractivity contribution is 0.218. The highest BCUT2D eigenvalue weighted by Gasteiger charge is 2.25. The molecule has 3 N–H and O–H groups in total. The van der Waals surface area contributed by atoms with Gasteiger partial charge in [0.1, 0.15) is 0 Å². The molecule has 5 nitrogen and oxygen atoms in total. The van der Waals surface area contributed by atoms with Crippen LogP contribution < -0.4 is 5.50 Å². The zero-order valence-corrected chi connectivity index (χ0v) is 10.8. The van der Waals surface area contributed by atoms with E-state index in [9.17, 15) is 4.57 Å². The number of rotatable bonds is 9. The first-order chi connectivity index (χ1) is 7.08. The van der Waals surface area contributed by atoms with Crippen molar-refractivity contribution >= 4 is 30.9 Å². The molecule has 0 aromatic rings. The largest absolute Gasteiger partial charge is 0.396 e. The van der Waals surface area contributed by atoms with Gasteiger partial charge in [0.15, 0.2) is 0 Å². The van der Waals surface area contributed by atoms with Gasteiger partial charge in [-0.05, 0) is 6.42 Å². The van der Waals surface area contributed by atoms with E-state index in [0.29, 0.717) is 31.3 Å². The Kier molecular flexibility index (Phi) is 9.14. The number of nitrogens with two attached hydrogens (primary N) is 1. The Morgan fingerprint density at radius 3 is 2.27 bits per heavy atom. The normalized spacial score (nSPS) is 15.5. The summed E-state index contributed by atoms with van der Waals surface area (Å²) in [4.78, 5) is 0. The van der Waals surface area contributed by atoms with Crippen LogP contribution in [0.2, 0.25) is 0 Å². The van der Waals surface area contributed by atoms with Crippen molar-refractivity contribution in [3.05, 3.63) is 0 Å². The molecule has 0 heterocycles. The van der Waals surface area contributed by atoms with Crippen LogP contribution in [0.5, 0.6) is 0 Å². The van der Waals surface area contributed by atoms with Crippen LogP contribution in [0.4, 0.5) is 0 Å². The Morgan fingerprint density at radius 1 is 1.33 bits per heavy atom. The van der Waals surface area contributed by atoms with Gasteiger partial charge in [-0.15, -0.1) is 23.2 Å². The molecule has 1 atom stereocenters. The summed E-state index contributed by atoms with van der Waals surface area (Å²) in [5.74, 6) is 0.614. The molecule has 8 heteroatoms. The molecule has 0 saturated carbocycles. The zero-order chi connectivity index (χ0) is 11.7. The minimum Gasteiger partial charge on any atom is -0.396 e. The molecule has 0 aliphatic carbocycles. The highest BCUT2D eigenvalue weighted by Crippen LogP contribution is 2.42. The summed E-state index contributed by atoms with van der Waals surface area (Å²) in [6.45, 7) is 0.860. The van der Waals surface area contributed by atoms with Gasteiger partial charge in [0.25, 0.3) is 0 Å². The van der Waals surface area contributed by atoms with Crippen molar-refractivity contribution in [2.75, 3.05) is 38.1 Å². The Balaban J connectivity index is 4.15. The van der Waals surface area contributed by atoms with Crippen molar-refractivity contribution in [2.24, 2.45) is 5.50 Å². The lowest BCUT2D eigenvalue weighted by Gasteiger charge is -2.26. The summed E-state index contributed by atoms with van der Waals surface area (Å²) in [7, 11) is -3.31. The highest BCUT2D eigenvalue weighted by molar-refractivity contribution is 7.53. The second kappa shape index (κ2) is 8.76. The number of alkyl halides is 2. The Hall–Kier alpha value is 0.650. The van der Waals surface area contributed by atoms with Gasteiger partial charge in [0, 0.05) is 31.5 Å². The second-order valence-corrected chi connectivity index (χ2v) is 5.51. The van der Waals surface area contributed by atoms with Crippen LogP contribution >= 0.6 is 30.9 Å². The maximum absolute atomic E-state index is 11.9. The van der Waals surface area contributed by atoms with Gasteiger partial charge < -0.3 is 9.63 Å². The average Bonchev–Trinajstić information content (AvgIpc) is 2.18. The molecule has 0 aromatic heterocycles. The third-order valence-corrected chi connectivity index (χ3v) is 3.74. The first-order valence-corrected chi connectivity index (χ1v) is 7.31. The highest BCUT2D eigenvalue weighted by atomic mass is 35.5.